The molecule has 0 bridgehead atoms. The van der Waals surface area contributed by atoms with Gasteiger partial charge in [-0.1, -0.05) is 55.5 Å². The van der Waals surface area contributed by atoms with Crippen molar-refractivity contribution in [2.75, 3.05) is 46.9 Å². The van der Waals surface area contributed by atoms with Gasteiger partial charge in [0.15, 0.2) is 5.96 Å². The Labute approximate surface area is 169 Å². The van der Waals surface area contributed by atoms with E-state index < -0.39 is 0 Å². The summed E-state index contributed by atoms with van der Waals surface area (Å²) in [5.41, 5.74) is 2.60. The van der Waals surface area contributed by atoms with E-state index in [1.807, 2.05) is 19.2 Å². The predicted octanol–water partition coefficient (Wildman–Crippen LogP) is 3.19. The molecule has 1 atom stereocenters. The van der Waals surface area contributed by atoms with Crippen LogP contribution in [0.4, 0.5) is 0 Å². The molecule has 0 aliphatic carbocycles. The van der Waals surface area contributed by atoms with E-state index in [2.05, 4.69) is 69.5 Å². The van der Waals surface area contributed by atoms with E-state index in [4.69, 9.17) is 4.74 Å². The third-order valence-electron chi connectivity index (χ3n) is 5.37. The summed E-state index contributed by atoms with van der Waals surface area (Å²) in [5.74, 6) is 2.27. The monoisotopic (exact) mass is 380 g/mol. The quantitative estimate of drug-likeness (QED) is 0.617. The molecule has 5 heteroatoms. The van der Waals surface area contributed by atoms with Crippen molar-refractivity contribution >= 4 is 5.96 Å². The number of nitrogens with zero attached hydrogens (tertiary/aromatic N) is 3. The molecule has 2 aromatic carbocycles. The first-order valence-electron chi connectivity index (χ1n) is 10.1. The van der Waals surface area contributed by atoms with Gasteiger partial charge in [-0.15, -0.1) is 0 Å². The van der Waals surface area contributed by atoms with Gasteiger partial charge in [0.05, 0.1) is 7.11 Å². The van der Waals surface area contributed by atoms with Gasteiger partial charge in [-0.25, -0.2) is 0 Å². The number of hydrogen-bond acceptors (Lipinski definition) is 3. The normalized spacial score (nSPS) is 16.7. The number of ether oxygens (including phenoxy) is 1. The average molecular weight is 381 g/mol. The van der Waals surface area contributed by atoms with Crippen LogP contribution < -0.4 is 10.1 Å². The largest absolute Gasteiger partial charge is 0.496 e. The fraction of sp³-hybridized carbons (Fsp3) is 0.435. The summed E-state index contributed by atoms with van der Waals surface area (Å²) in [4.78, 5) is 9.38. The van der Waals surface area contributed by atoms with E-state index in [9.17, 15) is 0 Å². The minimum Gasteiger partial charge on any atom is -0.496 e. The van der Waals surface area contributed by atoms with Crippen molar-refractivity contribution in [1.29, 1.82) is 0 Å². The molecular weight excluding hydrogens is 348 g/mol. The van der Waals surface area contributed by atoms with Crippen LogP contribution in [0.5, 0.6) is 5.75 Å². The zero-order chi connectivity index (χ0) is 19.8. The van der Waals surface area contributed by atoms with Gasteiger partial charge in [0.1, 0.15) is 5.75 Å². The maximum absolute atomic E-state index is 5.50. The van der Waals surface area contributed by atoms with Crippen molar-refractivity contribution in [1.82, 2.24) is 15.1 Å². The minimum absolute atomic E-state index is 0.340. The molecule has 5 nitrogen and oxygen atoms in total. The van der Waals surface area contributed by atoms with Crippen LogP contribution in [0, 0.1) is 0 Å². The molecule has 3 rings (SSSR count). The Morgan fingerprint density at radius 2 is 1.71 bits per heavy atom. The SMILES string of the molecule is CN=C(NCC(C)c1ccccc1OC)N1CCN(Cc2ccccc2)CC1. The number of aliphatic imine (C=N–C) groups is 1. The topological polar surface area (TPSA) is 40.1 Å². The maximum Gasteiger partial charge on any atom is 0.193 e. The number of hydrogen-bond donors (Lipinski definition) is 1. The first-order chi connectivity index (χ1) is 13.7. The summed E-state index contributed by atoms with van der Waals surface area (Å²) < 4.78 is 5.50. The van der Waals surface area contributed by atoms with Crippen LogP contribution in [-0.2, 0) is 6.54 Å². The van der Waals surface area contributed by atoms with Crippen molar-refractivity contribution in [2.24, 2.45) is 4.99 Å². The summed E-state index contributed by atoms with van der Waals surface area (Å²) in [6, 6.07) is 18.9. The van der Waals surface area contributed by atoms with Crippen LogP contribution in [-0.4, -0.2) is 62.6 Å². The van der Waals surface area contributed by atoms with E-state index in [1.165, 1.54) is 11.1 Å². The lowest BCUT2D eigenvalue weighted by Crippen LogP contribution is -2.52. The Kier molecular flexibility index (Phi) is 7.31. The van der Waals surface area contributed by atoms with E-state index >= 15 is 0 Å². The van der Waals surface area contributed by atoms with E-state index in [1.54, 1.807) is 7.11 Å². The first kappa shape index (κ1) is 20.2. The van der Waals surface area contributed by atoms with Crippen LogP contribution >= 0.6 is 0 Å². The van der Waals surface area contributed by atoms with Crippen LogP contribution in [0.25, 0.3) is 0 Å². The number of piperazine rings is 1. The molecule has 28 heavy (non-hydrogen) atoms. The Morgan fingerprint density at radius 3 is 2.39 bits per heavy atom. The van der Waals surface area contributed by atoms with Crippen molar-refractivity contribution in [3.63, 3.8) is 0 Å². The lowest BCUT2D eigenvalue weighted by atomic mass is 10.0. The van der Waals surface area contributed by atoms with Crippen LogP contribution in [0.15, 0.2) is 59.6 Å². The Morgan fingerprint density at radius 1 is 1.04 bits per heavy atom. The van der Waals surface area contributed by atoms with Gasteiger partial charge in [-0.2, -0.15) is 0 Å². The molecule has 150 valence electrons. The van der Waals surface area contributed by atoms with Gasteiger partial charge in [0.2, 0.25) is 0 Å². The third kappa shape index (κ3) is 5.26. The van der Waals surface area contributed by atoms with E-state index in [0.717, 1.165) is 51.0 Å². The Hall–Kier alpha value is -2.53. The lowest BCUT2D eigenvalue weighted by molar-refractivity contribution is 0.172. The molecule has 1 aliphatic rings. The van der Waals surface area contributed by atoms with E-state index in [-0.39, 0.29) is 0 Å². The molecule has 1 saturated heterocycles. The molecular formula is C23H32N4O. The van der Waals surface area contributed by atoms with Crippen molar-refractivity contribution in [3.8, 4) is 5.75 Å². The number of rotatable bonds is 6. The fourth-order valence-electron chi connectivity index (χ4n) is 3.72. The molecule has 0 spiro atoms. The summed E-state index contributed by atoms with van der Waals surface area (Å²) in [7, 11) is 3.60. The molecule has 0 radical (unpaired) electrons. The number of benzene rings is 2. The zero-order valence-corrected chi connectivity index (χ0v) is 17.3. The second-order valence-electron chi connectivity index (χ2n) is 7.32. The second kappa shape index (κ2) is 10.1. The highest BCUT2D eigenvalue weighted by molar-refractivity contribution is 5.80. The summed E-state index contributed by atoms with van der Waals surface area (Å²) in [6.45, 7) is 8.17. The molecule has 0 saturated carbocycles. The smallest absolute Gasteiger partial charge is 0.193 e. The highest BCUT2D eigenvalue weighted by Gasteiger charge is 2.20. The van der Waals surface area contributed by atoms with Crippen molar-refractivity contribution < 1.29 is 4.74 Å². The molecule has 1 unspecified atom stereocenters. The van der Waals surface area contributed by atoms with Crippen LogP contribution in [0.1, 0.15) is 24.0 Å². The summed E-state index contributed by atoms with van der Waals surface area (Å²) in [6.07, 6.45) is 0. The molecule has 1 fully saturated rings. The summed E-state index contributed by atoms with van der Waals surface area (Å²) >= 11 is 0. The number of nitrogens with one attached hydrogen (secondary N) is 1. The van der Waals surface area contributed by atoms with Gasteiger partial charge < -0.3 is 15.0 Å². The van der Waals surface area contributed by atoms with Crippen molar-refractivity contribution in [3.05, 3.63) is 65.7 Å². The Bertz CT molecular complexity index is 754. The molecule has 0 aromatic heterocycles. The lowest BCUT2D eigenvalue weighted by Gasteiger charge is -2.36. The van der Waals surface area contributed by atoms with Gasteiger partial charge in [-0.3, -0.25) is 9.89 Å². The number of guanidine groups is 1. The highest BCUT2D eigenvalue weighted by Crippen LogP contribution is 2.25. The van der Waals surface area contributed by atoms with E-state index in [0.29, 0.717) is 5.92 Å². The Balaban J connectivity index is 1.49. The third-order valence-corrected chi connectivity index (χ3v) is 5.37. The standard InChI is InChI=1S/C23H32N4O/c1-19(21-11-7-8-12-22(21)28-3)17-25-23(24-2)27-15-13-26(14-16-27)18-20-9-5-4-6-10-20/h4-12,19H,13-18H2,1-3H3,(H,24,25). The van der Waals surface area contributed by atoms with Crippen LogP contribution in [0.2, 0.25) is 0 Å². The summed E-state index contributed by atoms with van der Waals surface area (Å²) in [5, 5.41) is 3.56. The van der Waals surface area contributed by atoms with Gasteiger partial charge in [0, 0.05) is 52.2 Å². The minimum atomic E-state index is 0.340. The fourth-order valence-corrected chi connectivity index (χ4v) is 3.72. The number of methoxy groups -OCH3 is 1. The second-order valence-corrected chi connectivity index (χ2v) is 7.32. The maximum atomic E-state index is 5.50. The number of para-hydroxylation sites is 1. The predicted molar refractivity (Wildman–Crippen MR) is 116 cm³/mol. The molecule has 1 N–H and O–H groups in total. The van der Waals surface area contributed by atoms with Gasteiger partial charge in [-0.05, 0) is 17.2 Å². The first-order valence-corrected chi connectivity index (χ1v) is 10.1. The highest BCUT2D eigenvalue weighted by atomic mass is 16.5. The molecule has 0 amide bonds. The van der Waals surface area contributed by atoms with Gasteiger partial charge in [0.25, 0.3) is 0 Å². The zero-order valence-electron chi connectivity index (χ0n) is 17.3. The van der Waals surface area contributed by atoms with Gasteiger partial charge >= 0.3 is 0 Å². The van der Waals surface area contributed by atoms with Crippen molar-refractivity contribution in [2.45, 2.75) is 19.4 Å². The van der Waals surface area contributed by atoms with Crippen LogP contribution in [0.3, 0.4) is 0 Å². The molecule has 1 heterocycles. The molecule has 1 aliphatic heterocycles. The average Bonchev–Trinajstić information content (AvgIpc) is 2.75. The molecule has 2 aromatic rings.